The van der Waals surface area contributed by atoms with Gasteiger partial charge in [0.15, 0.2) is 0 Å². The molecule has 2 aromatic carbocycles. The Morgan fingerprint density at radius 1 is 0.966 bits per heavy atom. The summed E-state index contributed by atoms with van der Waals surface area (Å²) in [6.07, 6.45) is 0.759. The van der Waals surface area contributed by atoms with Crippen molar-refractivity contribution in [3.05, 3.63) is 59.1 Å². The molecule has 0 fully saturated rings. The lowest BCUT2D eigenvalue weighted by atomic mass is 9.82. The number of sulfonamides is 1. The van der Waals surface area contributed by atoms with Gasteiger partial charge >= 0.3 is 0 Å². The van der Waals surface area contributed by atoms with Gasteiger partial charge in [-0.05, 0) is 62.1 Å². The van der Waals surface area contributed by atoms with Gasteiger partial charge in [-0.25, -0.2) is 8.42 Å². The van der Waals surface area contributed by atoms with Crippen LogP contribution in [0.3, 0.4) is 0 Å². The summed E-state index contributed by atoms with van der Waals surface area (Å²) in [6.45, 7) is 9.92. The maximum atomic E-state index is 13.3. The van der Waals surface area contributed by atoms with Gasteiger partial charge in [0.25, 0.3) is 10.0 Å². The Hall–Kier alpha value is -1.86. The van der Waals surface area contributed by atoms with Crippen molar-refractivity contribution in [3.8, 4) is 0 Å². The van der Waals surface area contributed by atoms with Gasteiger partial charge in [0.05, 0.1) is 10.6 Å². The third-order valence-corrected chi connectivity index (χ3v) is 6.50. The standard InChI is InChI=1S/C22H29BrN2O3S/c1-21(2,3)16-22(4,5)24-20(26)15-25(18-13-11-17(23)12-14-18)29(27,28)19-9-7-6-8-10-19/h6-14H,15-16H2,1-5H3,(H,24,26). The number of carbonyl (C=O) groups is 1. The minimum Gasteiger partial charge on any atom is -0.350 e. The number of carbonyl (C=O) groups excluding carboxylic acids is 1. The summed E-state index contributed by atoms with van der Waals surface area (Å²) in [6, 6.07) is 15.0. The SMILES string of the molecule is CC(C)(C)CC(C)(C)NC(=O)CN(c1ccc(Br)cc1)S(=O)(=O)c1ccccc1. The molecule has 0 aliphatic carbocycles. The van der Waals surface area contributed by atoms with Crippen LogP contribution in [0.1, 0.15) is 41.0 Å². The molecular weight excluding hydrogens is 452 g/mol. The molecule has 0 unspecified atom stereocenters. The average molecular weight is 481 g/mol. The minimum atomic E-state index is -3.90. The maximum absolute atomic E-state index is 13.3. The number of nitrogens with zero attached hydrogens (tertiary/aromatic N) is 1. The highest BCUT2D eigenvalue weighted by Gasteiger charge is 2.31. The largest absolute Gasteiger partial charge is 0.350 e. The Labute approximate surface area is 182 Å². The fourth-order valence-corrected chi connectivity index (χ4v) is 5.27. The van der Waals surface area contributed by atoms with Crippen LogP contribution in [0.4, 0.5) is 5.69 Å². The van der Waals surface area contributed by atoms with E-state index in [2.05, 4.69) is 42.0 Å². The Kier molecular flexibility index (Phi) is 7.17. The van der Waals surface area contributed by atoms with Gasteiger partial charge in [0.1, 0.15) is 6.54 Å². The molecule has 2 aromatic rings. The normalized spacial score (nSPS) is 12.5. The van der Waals surface area contributed by atoms with Crippen molar-refractivity contribution < 1.29 is 13.2 Å². The summed E-state index contributed by atoms with van der Waals surface area (Å²) in [5, 5.41) is 2.99. The Balaban J connectivity index is 2.34. The number of hydrogen-bond acceptors (Lipinski definition) is 3. The van der Waals surface area contributed by atoms with Crippen molar-refractivity contribution >= 4 is 37.5 Å². The summed E-state index contributed by atoms with van der Waals surface area (Å²) in [5.41, 5.74) is -0.00368. The van der Waals surface area contributed by atoms with Crippen LogP contribution < -0.4 is 9.62 Å². The number of nitrogens with one attached hydrogen (secondary N) is 1. The van der Waals surface area contributed by atoms with Crippen molar-refractivity contribution in [2.45, 2.75) is 51.5 Å². The predicted molar refractivity (Wildman–Crippen MR) is 121 cm³/mol. The molecule has 0 bridgehead atoms. The molecule has 5 nitrogen and oxygen atoms in total. The summed E-state index contributed by atoms with van der Waals surface area (Å²) < 4.78 is 28.5. The van der Waals surface area contributed by atoms with E-state index >= 15 is 0 Å². The summed E-state index contributed by atoms with van der Waals surface area (Å²) in [4.78, 5) is 13.0. The topological polar surface area (TPSA) is 66.5 Å². The lowest BCUT2D eigenvalue weighted by Crippen LogP contribution is -2.50. The maximum Gasteiger partial charge on any atom is 0.264 e. The Bertz CT molecular complexity index is 934. The molecule has 7 heteroatoms. The number of rotatable bonds is 7. The predicted octanol–water partition coefficient (Wildman–Crippen LogP) is 4.98. The monoisotopic (exact) mass is 480 g/mol. The first-order valence-corrected chi connectivity index (χ1v) is 11.7. The van der Waals surface area contributed by atoms with Gasteiger partial charge in [-0.15, -0.1) is 0 Å². The number of hydrogen-bond donors (Lipinski definition) is 1. The highest BCUT2D eigenvalue weighted by molar-refractivity contribution is 9.10. The van der Waals surface area contributed by atoms with Crippen molar-refractivity contribution in [3.63, 3.8) is 0 Å². The molecule has 0 aliphatic rings. The first-order valence-electron chi connectivity index (χ1n) is 9.45. The van der Waals surface area contributed by atoms with E-state index in [9.17, 15) is 13.2 Å². The van der Waals surface area contributed by atoms with Crippen LogP contribution in [-0.2, 0) is 14.8 Å². The van der Waals surface area contributed by atoms with Gasteiger partial charge in [0, 0.05) is 10.0 Å². The van der Waals surface area contributed by atoms with Crippen LogP contribution in [0.5, 0.6) is 0 Å². The zero-order valence-electron chi connectivity index (χ0n) is 17.6. The molecule has 158 valence electrons. The van der Waals surface area contributed by atoms with Crippen LogP contribution >= 0.6 is 15.9 Å². The molecule has 0 heterocycles. The van der Waals surface area contributed by atoms with E-state index in [0.717, 1.165) is 15.2 Å². The smallest absolute Gasteiger partial charge is 0.264 e. The second-order valence-corrected chi connectivity index (χ2v) is 11.7. The average Bonchev–Trinajstić information content (AvgIpc) is 2.58. The molecule has 0 atom stereocenters. The first kappa shape index (κ1) is 23.4. The second kappa shape index (κ2) is 8.88. The molecule has 0 saturated carbocycles. The lowest BCUT2D eigenvalue weighted by molar-refractivity contribution is -0.121. The molecule has 1 N–H and O–H groups in total. The lowest BCUT2D eigenvalue weighted by Gasteiger charge is -2.34. The summed E-state index contributed by atoms with van der Waals surface area (Å²) >= 11 is 3.36. The molecule has 0 aromatic heterocycles. The van der Waals surface area contributed by atoms with Gasteiger partial charge in [-0.2, -0.15) is 0 Å². The van der Waals surface area contributed by atoms with E-state index in [0.29, 0.717) is 5.69 Å². The Morgan fingerprint density at radius 3 is 2.03 bits per heavy atom. The second-order valence-electron chi connectivity index (χ2n) is 8.97. The molecule has 2 rings (SSSR count). The molecule has 29 heavy (non-hydrogen) atoms. The molecule has 0 radical (unpaired) electrons. The van der Waals surface area contributed by atoms with E-state index in [1.54, 1.807) is 42.5 Å². The van der Waals surface area contributed by atoms with E-state index in [1.807, 2.05) is 13.8 Å². The third kappa shape index (κ3) is 6.85. The van der Waals surface area contributed by atoms with Gasteiger partial charge in [-0.3, -0.25) is 9.10 Å². The Morgan fingerprint density at radius 2 is 1.52 bits per heavy atom. The fraction of sp³-hybridized carbons (Fsp3) is 0.409. The van der Waals surface area contributed by atoms with Gasteiger partial charge in [-0.1, -0.05) is 54.9 Å². The van der Waals surface area contributed by atoms with Crippen LogP contribution in [0.15, 0.2) is 64.0 Å². The zero-order valence-corrected chi connectivity index (χ0v) is 20.0. The molecule has 1 amide bonds. The van der Waals surface area contributed by atoms with Gasteiger partial charge < -0.3 is 5.32 Å². The minimum absolute atomic E-state index is 0.0261. The van der Waals surface area contributed by atoms with Crippen LogP contribution in [0.25, 0.3) is 0 Å². The quantitative estimate of drug-likeness (QED) is 0.607. The van der Waals surface area contributed by atoms with E-state index in [-0.39, 0.29) is 22.8 Å². The van der Waals surface area contributed by atoms with Crippen molar-refractivity contribution in [2.75, 3.05) is 10.8 Å². The zero-order chi connectivity index (χ0) is 21.9. The number of halogens is 1. The van der Waals surface area contributed by atoms with Crippen LogP contribution in [0, 0.1) is 5.41 Å². The third-order valence-electron chi connectivity index (χ3n) is 4.18. The number of anilines is 1. The van der Waals surface area contributed by atoms with Crippen LogP contribution in [0.2, 0.25) is 0 Å². The van der Waals surface area contributed by atoms with E-state index in [1.165, 1.54) is 12.1 Å². The number of benzene rings is 2. The number of amides is 1. The van der Waals surface area contributed by atoms with E-state index < -0.39 is 15.6 Å². The van der Waals surface area contributed by atoms with Crippen LogP contribution in [-0.4, -0.2) is 26.4 Å². The molecular formula is C22H29BrN2O3S. The van der Waals surface area contributed by atoms with E-state index in [4.69, 9.17) is 0 Å². The highest BCUT2D eigenvalue weighted by atomic mass is 79.9. The molecule has 0 aliphatic heterocycles. The van der Waals surface area contributed by atoms with Crippen molar-refractivity contribution in [1.29, 1.82) is 0 Å². The summed E-state index contributed by atoms with van der Waals surface area (Å²) in [7, 11) is -3.90. The van der Waals surface area contributed by atoms with Crippen molar-refractivity contribution in [2.24, 2.45) is 5.41 Å². The first-order chi connectivity index (χ1) is 13.3. The van der Waals surface area contributed by atoms with Gasteiger partial charge in [0.2, 0.25) is 5.91 Å². The fourth-order valence-electron chi connectivity index (χ4n) is 3.56. The summed E-state index contributed by atoms with van der Waals surface area (Å²) in [5.74, 6) is -0.346. The highest BCUT2D eigenvalue weighted by Crippen LogP contribution is 2.28. The molecule has 0 saturated heterocycles. The van der Waals surface area contributed by atoms with Crippen molar-refractivity contribution in [1.82, 2.24) is 5.32 Å². The molecule has 0 spiro atoms.